The second-order valence-electron chi connectivity index (χ2n) is 4.47. The van der Waals surface area contributed by atoms with Gasteiger partial charge in [-0.25, -0.2) is 0 Å². The molecule has 2 rings (SSSR count). The van der Waals surface area contributed by atoms with Crippen molar-refractivity contribution in [2.75, 3.05) is 0 Å². The summed E-state index contributed by atoms with van der Waals surface area (Å²) in [4.78, 5) is 0. The van der Waals surface area contributed by atoms with Crippen LogP contribution in [-0.4, -0.2) is 11.7 Å². The second-order valence-corrected chi connectivity index (χ2v) is 4.47. The van der Waals surface area contributed by atoms with Crippen LogP contribution in [0.15, 0.2) is 24.3 Å². The van der Waals surface area contributed by atoms with Crippen molar-refractivity contribution in [2.45, 2.75) is 50.7 Å². The Morgan fingerprint density at radius 2 is 1.86 bits per heavy atom. The van der Waals surface area contributed by atoms with Crippen molar-refractivity contribution >= 4 is 0 Å². The molecule has 0 aromatic carbocycles. The first-order valence-electron chi connectivity index (χ1n) is 5.67. The van der Waals surface area contributed by atoms with E-state index in [0.29, 0.717) is 6.10 Å². The zero-order valence-corrected chi connectivity index (χ0v) is 8.91. The monoisotopic (exact) mass is 191 g/mol. The van der Waals surface area contributed by atoms with E-state index in [-0.39, 0.29) is 5.60 Å². The minimum Gasteiger partial charge on any atom is -0.367 e. The van der Waals surface area contributed by atoms with Crippen LogP contribution in [0.2, 0.25) is 0 Å². The van der Waals surface area contributed by atoms with E-state index in [0.717, 1.165) is 0 Å². The van der Waals surface area contributed by atoms with Crippen LogP contribution in [0.3, 0.4) is 0 Å². The largest absolute Gasteiger partial charge is 0.367 e. The molecular weight excluding hydrogens is 172 g/mol. The fourth-order valence-electron chi connectivity index (χ4n) is 2.23. The Kier molecular flexibility index (Phi) is 3.07. The van der Waals surface area contributed by atoms with Crippen LogP contribution in [0.1, 0.15) is 39.0 Å². The van der Waals surface area contributed by atoms with E-state index in [1.54, 1.807) is 0 Å². The maximum atomic E-state index is 6.13. The predicted molar refractivity (Wildman–Crippen MR) is 58.9 cm³/mol. The third-order valence-corrected chi connectivity index (χ3v) is 3.05. The third kappa shape index (κ3) is 2.48. The molecule has 2 aliphatic rings. The Morgan fingerprint density at radius 1 is 1.07 bits per heavy atom. The molecule has 2 aliphatic carbocycles. The minimum absolute atomic E-state index is 0.156. The molecule has 0 saturated heterocycles. The number of hydrogen-bond donors (Lipinski definition) is 0. The molecule has 1 radical (unpaired) electrons. The fraction of sp³-hybridized carbons (Fsp3) is 0.615. The summed E-state index contributed by atoms with van der Waals surface area (Å²) in [5.74, 6) is 0. The highest BCUT2D eigenvalue weighted by Gasteiger charge is 2.27. The number of rotatable bonds is 2. The van der Waals surface area contributed by atoms with E-state index in [4.69, 9.17) is 4.74 Å². The summed E-state index contributed by atoms with van der Waals surface area (Å²) in [6.07, 6.45) is 17.5. The fourth-order valence-corrected chi connectivity index (χ4v) is 2.23. The molecule has 1 fully saturated rings. The molecule has 1 saturated carbocycles. The number of ether oxygens (including phenoxy) is 1. The Morgan fingerprint density at radius 3 is 2.50 bits per heavy atom. The Hall–Kier alpha value is -0.560. The lowest BCUT2D eigenvalue weighted by Crippen LogP contribution is -2.33. The standard InChI is InChI=1S/C13H19O/c1-13(10-6-3-7-11-13)14-12-8-4-2-5-9-12/h3,6-7,10-12H,2,4-5,8-9H2,1H3. The van der Waals surface area contributed by atoms with Gasteiger partial charge in [-0.3, -0.25) is 0 Å². The van der Waals surface area contributed by atoms with Gasteiger partial charge in [-0.2, -0.15) is 0 Å². The average Bonchev–Trinajstić information content (AvgIpc) is 2.19. The molecule has 0 bridgehead atoms. The molecule has 1 nitrogen and oxygen atoms in total. The smallest absolute Gasteiger partial charge is 0.0910 e. The molecule has 1 heteroatoms. The summed E-state index contributed by atoms with van der Waals surface area (Å²) in [6, 6.07) is 0. The molecule has 0 aromatic rings. The summed E-state index contributed by atoms with van der Waals surface area (Å²) in [5.41, 5.74) is -0.156. The van der Waals surface area contributed by atoms with Crippen molar-refractivity contribution in [1.29, 1.82) is 0 Å². The summed E-state index contributed by atoms with van der Waals surface area (Å²) in [6.45, 7) is 2.14. The van der Waals surface area contributed by atoms with Crippen LogP contribution < -0.4 is 0 Å². The van der Waals surface area contributed by atoms with Gasteiger partial charge in [0.1, 0.15) is 0 Å². The van der Waals surface area contributed by atoms with E-state index in [1.807, 2.05) is 6.08 Å². The van der Waals surface area contributed by atoms with E-state index >= 15 is 0 Å². The normalized spacial score (nSPS) is 33.5. The van der Waals surface area contributed by atoms with Crippen LogP contribution in [-0.2, 0) is 4.74 Å². The molecule has 1 atom stereocenters. The van der Waals surface area contributed by atoms with Gasteiger partial charge in [0.2, 0.25) is 0 Å². The Bertz CT molecular complexity index is 236. The maximum Gasteiger partial charge on any atom is 0.0910 e. The molecule has 0 aliphatic heterocycles. The van der Waals surface area contributed by atoms with E-state index in [2.05, 4.69) is 31.6 Å². The van der Waals surface area contributed by atoms with Gasteiger partial charge in [-0.15, -0.1) is 0 Å². The van der Waals surface area contributed by atoms with Crippen molar-refractivity contribution in [1.82, 2.24) is 0 Å². The topological polar surface area (TPSA) is 9.23 Å². The quantitative estimate of drug-likeness (QED) is 0.649. The van der Waals surface area contributed by atoms with Crippen molar-refractivity contribution in [2.24, 2.45) is 0 Å². The highest BCUT2D eigenvalue weighted by Crippen LogP contribution is 2.28. The van der Waals surface area contributed by atoms with E-state index in [1.165, 1.54) is 32.1 Å². The third-order valence-electron chi connectivity index (χ3n) is 3.05. The average molecular weight is 191 g/mol. The van der Waals surface area contributed by atoms with Crippen LogP contribution in [0.4, 0.5) is 0 Å². The Balaban J connectivity index is 1.88. The van der Waals surface area contributed by atoms with Crippen molar-refractivity contribution < 1.29 is 4.74 Å². The zero-order valence-electron chi connectivity index (χ0n) is 8.91. The molecule has 77 valence electrons. The molecular formula is C13H19O. The predicted octanol–water partition coefficient (Wildman–Crippen LogP) is 3.42. The molecule has 0 spiro atoms. The van der Waals surface area contributed by atoms with Crippen LogP contribution >= 0.6 is 0 Å². The molecule has 0 amide bonds. The lowest BCUT2D eigenvalue weighted by Gasteiger charge is -2.33. The van der Waals surface area contributed by atoms with Gasteiger partial charge in [-0.05, 0) is 19.8 Å². The van der Waals surface area contributed by atoms with Gasteiger partial charge >= 0.3 is 0 Å². The molecule has 14 heavy (non-hydrogen) atoms. The zero-order chi connectivity index (χ0) is 9.86. The van der Waals surface area contributed by atoms with Gasteiger partial charge in [0.05, 0.1) is 11.7 Å². The maximum absolute atomic E-state index is 6.13. The van der Waals surface area contributed by atoms with E-state index < -0.39 is 0 Å². The minimum atomic E-state index is -0.156. The first-order chi connectivity index (χ1) is 6.79. The van der Waals surface area contributed by atoms with Gasteiger partial charge < -0.3 is 4.74 Å². The lowest BCUT2D eigenvalue weighted by molar-refractivity contribution is -0.0470. The Labute approximate surface area is 86.8 Å². The van der Waals surface area contributed by atoms with Gasteiger partial charge in [0.15, 0.2) is 0 Å². The van der Waals surface area contributed by atoms with E-state index in [9.17, 15) is 0 Å². The lowest BCUT2D eigenvalue weighted by atomic mass is 9.94. The van der Waals surface area contributed by atoms with Gasteiger partial charge in [0, 0.05) is 6.42 Å². The molecule has 0 aromatic heterocycles. The summed E-state index contributed by atoms with van der Waals surface area (Å²) in [7, 11) is 0. The number of allylic oxidation sites excluding steroid dienone is 2. The summed E-state index contributed by atoms with van der Waals surface area (Å²) >= 11 is 0. The summed E-state index contributed by atoms with van der Waals surface area (Å²) < 4.78 is 6.13. The summed E-state index contributed by atoms with van der Waals surface area (Å²) in [5, 5.41) is 0. The van der Waals surface area contributed by atoms with Gasteiger partial charge in [-0.1, -0.05) is 43.6 Å². The van der Waals surface area contributed by atoms with Crippen LogP contribution in [0, 0.1) is 6.42 Å². The van der Waals surface area contributed by atoms with Gasteiger partial charge in [0.25, 0.3) is 0 Å². The molecule has 0 N–H and O–H groups in total. The first kappa shape index (κ1) is 9.97. The first-order valence-corrected chi connectivity index (χ1v) is 5.67. The highest BCUT2D eigenvalue weighted by molar-refractivity contribution is 5.26. The van der Waals surface area contributed by atoms with Crippen molar-refractivity contribution in [3.05, 3.63) is 30.7 Å². The second kappa shape index (κ2) is 4.31. The highest BCUT2D eigenvalue weighted by atomic mass is 16.5. The molecule has 1 unspecified atom stereocenters. The van der Waals surface area contributed by atoms with Crippen LogP contribution in [0.25, 0.3) is 0 Å². The van der Waals surface area contributed by atoms with Crippen molar-refractivity contribution in [3.63, 3.8) is 0 Å². The number of hydrogen-bond acceptors (Lipinski definition) is 1. The SMILES string of the molecule is CC1(OC2CCCCC2)[CH]C=CC=C1. The van der Waals surface area contributed by atoms with Crippen molar-refractivity contribution in [3.8, 4) is 0 Å². The van der Waals surface area contributed by atoms with Crippen LogP contribution in [0.5, 0.6) is 0 Å². The molecule has 0 heterocycles.